The zero-order valence-corrected chi connectivity index (χ0v) is 13.4. The molecule has 22 heavy (non-hydrogen) atoms. The smallest absolute Gasteiger partial charge is 0.254 e. The highest BCUT2D eigenvalue weighted by molar-refractivity contribution is 5.93. The average molecular weight is 299 g/mol. The van der Waals surface area contributed by atoms with E-state index in [4.69, 9.17) is 0 Å². The molecule has 0 aliphatic carbocycles. The second-order valence-corrected chi connectivity index (χ2v) is 5.59. The minimum absolute atomic E-state index is 0.158. The monoisotopic (exact) mass is 299 g/mol. The van der Waals surface area contributed by atoms with Crippen LogP contribution in [0.5, 0.6) is 0 Å². The van der Waals surface area contributed by atoms with E-state index in [2.05, 4.69) is 0 Å². The number of rotatable bonds is 4. The molecule has 0 fully saturated rings. The van der Waals surface area contributed by atoms with Gasteiger partial charge in [0.25, 0.3) is 11.5 Å². The molecular weight excluding hydrogens is 278 g/mol. The summed E-state index contributed by atoms with van der Waals surface area (Å²) in [6.45, 7) is 0.502. The van der Waals surface area contributed by atoms with Crippen molar-refractivity contribution in [1.29, 1.82) is 0 Å². The van der Waals surface area contributed by atoms with Crippen molar-refractivity contribution in [2.75, 3.05) is 26.0 Å². The van der Waals surface area contributed by atoms with Crippen LogP contribution < -0.4 is 10.5 Å². The van der Waals surface area contributed by atoms with E-state index in [9.17, 15) is 9.59 Å². The molecule has 0 saturated heterocycles. The quantitative estimate of drug-likeness (QED) is 0.863. The predicted octanol–water partition coefficient (Wildman–Crippen LogP) is 1.72. The zero-order chi connectivity index (χ0) is 16.3. The van der Waals surface area contributed by atoms with Crippen molar-refractivity contribution in [2.24, 2.45) is 7.05 Å². The van der Waals surface area contributed by atoms with Gasteiger partial charge in [-0.2, -0.15) is 0 Å². The molecule has 2 aromatic rings. The summed E-state index contributed by atoms with van der Waals surface area (Å²) in [6.07, 6.45) is 1.61. The van der Waals surface area contributed by atoms with Gasteiger partial charge in [0.05, 0.1) is 0 Å². The molecule has 0 aliphatic heterocycles. The highest BCUT2D eigenvalue weighted by Crippen LogP contribution is 2.14. The third kappa shape index (κ3) is 3.55. The number of pyridine rings is 1. The number of amides is 1. The molecule has 0 atom stereocenters. The minimum atomic E-state index is -0.186. The standard InChI is InChI=1S/C17H21N3O2/c1-18(2)15-7-5-13(6-8-15)12-20(4)17(22)14-9-10-19(3)16(21)11-14/h5-11H,12H2,1-4H3. The first-order chi connectivity index (χ1) is 10.4. The maximum absolute atomic E-state index is 12.4. The van der Waals surface area contributed by atoms with E-state index in [-0.39, 0.29) is 11.5 Å². The Hall–Kier alpha value is -2.56. The van der Waals surface area contributed by atoms with Gasteiger partial charge in [-0.3, -0.25) is 9.59 Å². The fourth-order valence-corrected chi connectivity index (χ4v) is 2.15. The molecular formula is C17H21N3O2. The second-order valence-electron chi connectivity index (χ2n) is 5.59. The lowest BCUT2D eigenvalue weighted by Gasteiger charge is -2.18. The Balaban J connectivity index is 2.10. The summed E-state index contributed by atoms with van der Waals surface area (Å²) >= 11 is 0. The van der Waals surface area contributed by atoms with Crippen LogP contribution in [0.3, 0.4) is 0 Å². The number of carbonyl (C=O) groups is 1. The highest BCUT2D eigenvalue weighted by Gasteiger charge is 2.13. The maximum Gasteiger partial charge on any atom is 0.254 e. The van der Waals surface area contributed by atoms with Crippen LogP contribution in [0.4, 0.5) is 5.69 Å². The third-order valence-corrected chi connectivity index (χ3v) is 3.57. The maximum atomic E-state index is 12.4. The lowest BCUT2D eigenvalue weighted by molar-refractivity contribution is 0.0785. The van der Waals surface area contributed by atoms with Gasteiger partial charge in [-0.05, 0) is 23.8 Å². The summed E-state index contributed by atoms with van der Waals surface area (Å²) in [6, 6.07) is 11.1. The lowest BCUT2D eigenvalue weighted by atomic mass is 10.1. The van der Waals surface area contributed by atoms with Gasteiger partial charge in [-0.25, -0.2) is 0 Å². The molecule has 1 aromatic heterocycles. The Bertz CT molecular complexity index is 717. The Morgan fingerprint density at radius 1 is 1.09 bits per heavy atom. The molecule has 1 heterocycles. The summed E-state index contributed by atoms with van der Waals surface area (Å²) in [7, 11) is 7.37. The SMILES string of the molecule is CN(Cc1ccc(N(C)C)cc1)C(=O)c1ccn(C)c(=O)c1. The molecule has 0 radical (unpaired) electrons. The summed E-state index contributed by atoms with van der Waals surface area (Å²) in [4.78, 5) is 27.6. The van der Waals surface area contributed by atoms with E-state index < -0.39 is 0 Å². The summed E-state index contributed by atoms with van der Waals surface area (Å²) < 4.78 is 1.44. The summed E-state index contributed by atoms with van der Waals surface area (Å²) in [5.41, 5.74) is 2.39. The van der Waals surface area contributed by atoms with Gasteiger partial charge < -0.3 is 14.4 Å². The number of aromatic nitrogens is 1. The molecule has 0 unspecified atom stereocenters. The number of nitrogens with zero attached hydrogens (tertiary/aromatic N) is 3. The van der Waals surface area contributed by atoms with Crippen molar-refractivity contribution in [3.05, 3.63) is 64.1 Å². The molecule has 2 rings (SSSR count). The van der Waals surface area contributed by atoms with Gasteiger partial charge in [0.2, 0.25) is 0 Å². The van der Waals surface area contributed by atoms with Crippen LogP contribution in [0, 0.1) is 0 Å². The van der Waals surface area contributed by atoms with Gasteiger partial charge in [0.1, 0.15) is 0 Å². The van der Waals surface area contributed by atoms with Gasteiger partial charge in [0, 0.05) is 58.2 Å². The normalized spacial score (nSPS) is 10.4. The number of anilines is 1. The van der Waals surface area contributed by atoms with E-state index in [1.54, 1.807) is 31.3 Å². The molecule has 0 bridgehead atoms. The second kappa shape index (κ2) is 6.47. The van der Waals surface area contributed by atoms with Crippen LogP contribution >= 0.6 is 0 Å². The fraction of sp³-hybridized carbons (Fsp3) is 0.294. The largest absolute Gasteiger partial charge is 0.378 e. The lowest BCUT2D eigenvalue weighted by Crippen LogP contribution is -2.28. The number of hydrogen-bond acceptors (Lipinski definition) is 3. The van der Waals surface area contributed by atoms with Crippen LogP contribution in [0.15, 0.2) is 47.4 Å². The van der Waals surface area contributed by atoms with Crippen molar-refractivity contribution in [1.82, 2.24) is 9.47 Å². The Labute approximate surface area is 130 Å². The Morgan fingerprint density at radius 2 is 1.73 bits per heavy atom. The topological polar surface area (TPSA) is 45.5 Å². The summed E-state index contributed by atoms with van der Waals surface area (Å²) in [5, 5.41) is 0. The van der Waals surface area contributed by atoms with Crippen LogP contribution in [-0.4, -0.2) is 36.5 Å². The van der Waals surface area contributed by atoms with E-state index in [1.807, 2.05) is 43.3 Å². The van der Waals surface area contributed by atoms with Crippen molar-refractivity contribution in [2.45, 2.75) is 6.54 Å². The molecule has 1 amide bonds. The zero-order valence-electron chi connectivity index (χ0n) is 13.4. The first-order valence-electron chi connectivity index (χ1n) is 7.07. The van der Waals surface area contributed by atoms with Crippen LogP contribution in [-0.2, 0) is 13.6 Å². The molecule has 0 spiro atoms. The summed E-state index contributed by atoms with van der Waals surface area (Å²) in [5.74, 6) is -0.158. The minimum Gasteiger partial charge on any atom is -0.378 e. The van der Waals surface area contributed by atoms with Crippen LogP contribution in [0.25, 0.3) is 0 Å². The Kier molecular flexibility index (Phi) is 4.65. The average Bonchev–Trinajstić information content (AvgIpc) is 2.49. The number of benzene rings is 1. The number of hydrogen-bond donors (Lipinski definition) is 0. The molecule has 0 N–H and O–H groups in total. The van der Waals surface area contributed by atoms with Crippen LogP contribution in [0.1, 0.15) is 15.9 Å². The third-order valence-electron chi connectivity index (χ3n) is 3.57. The van der Waals surface area contributed by atoms with Crippen molar-refractivity contribution < 1.29 is 4.79 Å². The number of aryl methyl sites for hydroxylation is 1. The first kappa shape index (κ1) is 15.8. The fourth-order valence-electron chi connectivity index (χ4n) is 2.15. The van der Waals surface area contributed by atoms with E-state index in [0.29, 0.717) is 12.1 Å². The number of carbonyl (C=O) groups excluding carboxylic acids is 1. The van der Waals surface area contributed by atoms with Gasteiger partial charge in [-0.15, -0.1) is 0 Å². The van der Waals surface area contributed by atoms with Crippen molar-refractivity contribution >= 4 is 11.6 Å². The van der Waals surface area contributed by atoms with Crippen molar-refractivity contribution in [3.63, 3.8) is 0 Å². The van der Waals surface area contributed by atoms with Gasteiger partial charge >= 0.3 is 0 Å². The first-order valence-corrected chi connectivity index (χ1v) is 7.07. The van der Waals surface area contributed by atoms with E-state index in [0.717, 1.165) is 11.3 Å². The molecule has 0 aliphatic rings. The molecule has 116 valence electrons. The molecule has 0 saturated carbocycles. The van der Waals surface area contributed by atoms with E-state index >= 15 is 0 Å². The molecule has 5 nitrogen and oxygen atoms in total. The highest BCUT2D eigenvalue weighted by atomic mass is 16.2. The molecule has 5 heteroatoms. The Morgan fingerprint density at radius 3 is 2.27 bits per heavy atom. The van der Waals surface area contributed by atoms with Crippen LogP contribution in [0.2, 0.25) is 0 Å². The van der Waals surface area contributed by atoms with E-state index in [1.165, 1.54) is 10.6 Å². The predicted molar refractivity (Wildman–Crippen MR) is 88.2 cm³/mol. The molecule has 1 aromatic carbocycles. The van der Waals surface area contributed by atoms with Gasteiger partial charge in [-0.1, -0.05) is 12.1 Å². The van der Waals surface area contributed by atoms with Crippen molar-refractivity contribution in [3.8, 4) is 0 Å². The van der Waals surface area contributed by atoms with Gasteiger partial charge in [0.15, 0.2) is 0 Å².